The molecular formula is C22H27Cl2N3OS. The molecular weight excluding hydrogens is 425 g/mol. The summed E-state index contributed by atoms with van der Waals surface area (Å²) < 4.78 is 5.44. The summed E-state index contributed by atoms with van der Waals surface area (Å²) >= 11 is 18.2. The number of para-hydroxylation sites is 1. The number of benzene rings is 2. The van der Waals surface area contributed by atoms with Crippen LogP contribution in [-0.4, -0.2) is 54.3 Å². The summed E-state index contributed by atoms with van der Waals surface area (Å²) in [7, 11) is 0. The number of halogens is 2. The lowest BCUT2D eigenvalue weighted by atomic mass is 10.2. The maximum Gasteiger partial charge on any atom is 0.173 e. The molecule has 4 nitrogen and oxygen atoms in total. The smallest absolute Gasteiger partial charge is 0.173 e. The Morgan fingerprint density at radius 1 is 1.14 bits per heavy atom. The first kappa shape index (κ1) is 22.3. The van der Waals surface area contributed by atoms with Crippen LogP contribution in [0.15, 0.2) is 42.5 Å². The first-order valence-corrected chi connectivity index (χ1v) is 11.0. The number of hydrogen-bond acceptors (Lipinski definition) is 3. The minimum absolute atomic E-state index is 0.673. The molecule has 0 atom stereocenters. The molecule has 1 N–H and O–H groups in total. The highest BCUT2D eigenvalue weighted by molar-refractivity contribution is 7.80. The molecule has 7 heteroatoms. The highest BCUT2D eigenvalue weighted by Gasteiger charge is 2.15. The van der Waals surface area contributed by atoms with Crippen LogP contribution in [-0.2, 0) is 11.3 Å². The Morgan fingerprint density at radius 3 is 2.55 bits per heavy atom. The number of nitrogens with zero attached hydrogens (tertiary/aromatic N) is 2. The summed E-state index contributed by atoms with van der Waals surface area (Å²) in [6, 6.07) is 13.8. The summed E-state index contributed by atoms with van der Waals surface area (Å²) in [5.41, 5.74) is 3.11. The summed E-state index contributed by atoms with van der Waals surface area (Å²) in [4.78, 5) is 4.64. The van der Waals surface area contributed by atoms with Gasteiger partial charge in [-0.2, -0.15) is 0 Å². The van der Waals surface area contributed by atoms with Crippen molar-refractivity contribution in [3.05, 3.63) is 63.6 Å². The lowest BCUT2D eigenvalue weighted by Crippen LogP contribution is -2.40. The zero-order chi connectivity index (χ0) is 20.6. The van der Waals surface area contributed by atoms with Gasteiger partial charge in [-0.3, -0.25) is 4.90 Å². The van der Waals surface area contributed by atoms with Gasteiger partial charge in [0.05, 0.1) is 23.9 Å². The number of nitrogens with one attached hydrogen (secondary N) is 1. The molecule has 0 aromatic heterocycles. The highest BCUT2D eigenvalue weighted by atomic mass is 35.5. The van der Waals surface area contributed by atoms with Crippen molar-refractivity contribution in [2.45, 2.75) is 19.9 Å². The van der Waals surface area contributed by atoms with E-state index in [0.717, 1.165) is 68.6 Å². The molecule has 1 aliphatic heterocycles. The van der Waals surface area contributed by atoms with E-state index in [0.29, 0.717) is 10.1 Å². The first-order valence-electron chi connectivity index (χ1n) is 9.88. The average molecular weight is 452 g/mol. The van der Waals surface area contributed by atoms with E-state index < -0.39 is 0 Å². The molecule has 1 fully saturated rings. The van der Waals surface area contributed by atoms with Crippen molar-refractivity contribution in [3.63, 3.8) is 0 Å². The van der Waals surface area contributed by atoms with Gasteiger partial charge in [0, 0.05) is 37.7 Å². The van der Waals surface area contributed by atoms with Crippen molar-refractivity contribution in [1.82, 2.24) is 9.80 Å². The molecule has 1 heterocycles. The lowest BCUT2D eigenvalue weighted by Gasteiger charge is -2.30. The van der Waals surface area contributed by atoms with Crippen molar-refractivity contribution >= 4 is 46.2 Å². The summed E-state index contributed by atoms with van der Waals surface area (Å²) in [6.45, 7) is 8.27. The number of hydrogen-bond donors (Lipinski definition) is 1. The first-order chi connectivity index (χ1) is 14.0. The second-order valence-corrected chi connectivity index (χ2v) is 8.45. The second-order valence-electron chi connectivity index (χ2n) is 7.22. The predicted molar refractivity (Wildman–Crippen MR) is 126 cm³/mol. The van der Waals surface area contributed by atoms with Crippen LogP contribution in [0, 0.1) is 6.92 Å². The van der Waals surface area contributed by atoms with E-state index in [2.05, 4.69) is 15.1 Å². The highest BCUT2D eigenvalue weighted by Crippen LogP contribution is 2.26. The number of ether oxygens (including phenoxy) is 1. The molecule has 1 saturated heterocycles. The maximum atomic E-state index is 6.39. The molecule has 0 aliphatic carbocycles. The Labute approximate surface area is 188 Å². The van der Waals surface area contributed by atoms with Crippen LogP contribution in [0.5, 0.6) is 0 Å². The standard InChI is InChI=1S/C22H27Cl2N3OS/c1-17-4-2-5-20(24)21(17)25-22(29)27(16-18-6-8-19(23)9-7-18)11-3-10-26-12-14-28-15-13-26/h2,4-9H,3,10-16H2,1H3,(H,25,29). The summed E-state index contributed by atoms with van der Waals surface area (Å²) in [5, 5.41) is 5.45. The third-order valence-corrected chi connectivity index (χ3v) is 5.96. The third-order valence-electron chi connectivity index (χ3n) is 5.03. The summed E-state index contributed by atoms with van der Waals surface area (Å²) in [5.74, 6) is 0. The van der Waals surface area contributed by atoms with E-state index in [4.69, 9.17) is 40.2 Å². The van der Waals surface area contributed by atoms with Crippen molar-refractivity contribution in [1.29, 1.82) is 0 Å². The fourth-order valence-corrected chi connectivity index (χ4v) is 4.00. The van der Waals surface area contributed by atoms with Gasteiger partial charge in [0.25, 0.3) is 0 Å². The van der Waals surface area contributed by atoms with Gasteiger partial charge < -0.3 is 15.0 Å². The van der Waals surface area contributed by atoms with Gasteiger partial charge in [-0.15, -0.1) is 0 Å². The fraction of sp³-hybridized carbons (Fsp3) is 0.409. The average Bonchev–Trinajstić information content (AvgIpc) is 2.72. The normalized spacial score (nSPS) is 14.6. The van der Waals surface area contributed by atoms with Gasteiger partial charge in [0.15, 0.2) is 5.11 Å². The quantitative estimate of drug-likeness (QED) is 0.582. The van der Waals surface area contributed by atoms with E-state index in [1.54, 1.807) is 0 Å². The van der Waals surface area contributed by atoms with Crippen LogP contribution in [0.1, 0.15) is 17.5 Å². The molecule has 0 spiro atoms. The van der Waals surface area contributed by atoms with Crippen molar-refractivity contribution in [2.75, 3.05) is 44.7 Å². The maximum absolute atomic E-state index is 6.39. The van der Waals surface area contributed by atoms with Gasteiger partial charge in [-0.05, 0) is 54.9 Å². The fourth-order valence-electron chi connectivity index (χ4n) is 3.35. The summed E-state index contributed by atoms with van der Waals surface area (Å²) in [6.07, 6.45) is 1.02. The van der Waals surface area contributed by atoms with Crippen LogP contribution in [0.3, 0.4) is 0 Å². The molecule has 2 aromatic rings. The number of anilines is 1. The minimum Gasteiger partial charge on any atom is -0.379 e. The van der Waals surface area contributed by atoms with Crippen LogP contribution in [0.2, 0.25) is 10.0 Å². The number of rotatable bonds is 7. The van der Waals surface area contributed by atoms with E-state index in [1.165, 1.54) is 5.56 Å². The van der Waals surface area contributed by atoms with Crippen LogP contribution in [0.4, 0.5) is 5.69 Å². The van der Waals surface area contributed by atoms with Crippen molar-refractivity contribution < 1.29 is 4.74 Å². The Balaban J connectivity index is 1.66. The number of morpholine rings is 1. The zero-order valence-electron chi connectivity index (χ0n) is 16.7. The molecule has 0 unspecified atom stereocenters. The molecule has 0 saturated carbocycles. The minimum atomic E-state index is 0.673. The van der Waals surface area contributed by atoms with Gasteiger partial charge in [0.2, 0.25) is 0 Å². The van der Waals surface area contributed by atoms with Crippen molar-refractivity contribution in [2.24, 2.45) is 0 Å². The van der Waals surface area contributed by atoms with E-state index >= 15 is 0 Å². The molecule has 29 heavy (non-hydrogen) atoms. The Bertz CT molecular complexity index is 790. The third kappa shape index (κ3) is 6.83. The van der Waals surface area contributed by atoms with Gasteiger partial charge >= 0.3 is 0 Å². The molecule has 3 rings (SSSR count). The van der Waals surface area contributed by atoms with Gasteiger partial charge in [0.1, 0.15) is 0 Å². The van der Waals surface area contributed by atoms with Crippen molar-refractivity contribution in [3.8, 4) is 0 Å². The van der Waals surface area contributed by atoms with Gasteiger partial charge in [-0.25, -0.2) is 0 Å². The largest absolute Gasteiger partial charge is 0.379 e. The van der Waals surface area contributed by atoms with E-state index in [-0.39, 0.29) is 0 Å². The monoisotopic (exact) mass is 451 g/mol. The number of aryl methyl sites for hydroxylation is 1. The molecule has 1 aliphatic rings. The zero-order valence-corrected chi connectivity index (χ0v) is 19.0. The van der Waals surface area contributed by atoms with Crippen LogP contribution in [0.25, 0.3) is 0 Å². The van der Waals surface area contributed by atoms with E-state index in [1.807, 2.05) is 49.4 Å². The Hall–Kier alpha value is -1.37. The van der Waals surface area contributed by atoms with E-state index in [9.17, 15) is 0 Å². The molecule has 0 amide bonds. The molecule has 2 aromatic carbocycles. The topological polar surface area (TPSA) is 27.7 Å². The predicted octanol–water partition coefficient (Wildman–Crippen LogP) is 5.22. The lowest BCUT2D eigenvalue weighted by molar-refractivity contribution is 0.0368. The molecule has 0 radical (unpaired) electrons. The Kier molecular flexibility index (Phi) is 8.57. The molecule has 0 bridgehead atoms. The SMILES string of the molecule is Cc1cccc(Cl)c1NC(=S)N(CCCN1CCOCC1)Cc1ccc(Cl)cc1. The second kappa shape index (κ2) is 11.1. The van der Waals surface area contributed by atoms with Crippen LogP contribution >= 0.6 is 35.4 Å². The van der Waals surface area contributed by atoms with Crippen LogP contribution < -0.4 is 5.32 Å². The molecule has 156 valence electrons. The van der Waals surface area contributed by atoms with Gasteiger partial charge in [-0.1, -0.05) is 47.5 Å². The number of thiocarbonyl (C=S) groups is 1. The Morgan fingerprint density at radius 2 is 1.86 bits per heavy atom.